The van der Waals surface area contributed by atoms with Gasteiger partial charge in [-0.3, -0.25) is 0 Å². The van der Waals surface area contributed by atoms with Gasteiger partial charge in [-0.1, -0.05) is 6.07 Å². The predicted octanol–water partition coefficient (Wildman–Crippen LogP) is 2.70. The largest absolute Gasteiger partial charge is 0.444 e. The highest BCUT2D eigenvalue weighted by atomic mass is 16.6. The fourth-order valence-corrected chi connectivity index (χ4v) is 2.83. The Morgan fingerprint density at radius 1 is 1.39 bits per heavy atom. The molecule has 0 fully saturated rings. The lowest BCUT2D eigenvalue weighted by molar-refractivity contribution is 0.0528. The number of benzene rings is 1. The highest BCUT2D eigenvalue weighted by molar-refractivity contribution is 5.67. The van der Waals surface area contributed by atoms with E-state index in [9.17, 15) is 4.79 Å². The summed E-state index contributed by atoms with van der Waals surface area (Å²) in [4.78, 5) is 11.5. The van der Waals surface area contributed by atoms with Gasteiger partial charge in [0.05, 0.1) is 11.6 Å². The number of hydrogen-bond acceptors (Lipinski definition) is 4. The number of alkyl carbamates (subject to hydrolysis) is 1. The minimum absolute atomic E-state index is 0.380. The molecule has 0 saturated carbocycles. The Kier molecular flexibility index (Phi) is 5.62. The highest BCUT2D eigenvalue weighted by Gasteiger charge is 2.22. The summed E-state index contributed by atoms with van der Waals surface area (Å²) in [5.41, 5.74) is 2.91. The Hall–Kier alpha value is -2.06. The molecule has 2 rings (SSSR count). The Morgan fingerprint density at radius 2 is 2.17 bits per heavy atom. The van der Waals surface area contributed by atoms with E-state index in [1.54, 1.807) is 0 Å². The van der Waals surface area contributed by atoms with Crippen molar-refractivity contribution in [1.82, 2.24) is 10.6 Å². The average Bonchev–Trinajstić information content (AvgIpc) is 2.87. The summed E-state index contributed by atoms with van der Waals surface area (Å²) in [5.74, 6) is 0.485. The van der Waals surface area contributed by atoms with Crippen LogP contribution in [0.2, 0.25) is 0 Å². The third-order valence-electron chi connectivity index (χ3n) is 3.83. The van der Waals surface area contributed by atoms with Gasteiger partial charge < -0.3 is 15.4 Å². The molecule has 0 bridgehead atoms. The van der Waals surface area contributed by atoms with Crippen LogP contribution >= 0.6 is 0 Å². The van der Waals surface area contributed by atoms with Gasteiger partial charge in [-0.2, -0.15) is 5.26 Å². The summed E-state index contributed by atoms with van der Waals surface area (Å²) in [6, 6.07) is 8.16. The van der Waals surface area contributed by atoms with Crippen LogP contribution in [-0.2, 0) is 11.2 Å². The Balaban J connectivity index is 1.69. The Bertz CT molecular complexity index is 599. The van der Waals surface area contributed by atoms with Crippen molar-refractivity contribution in [3.8, 4) is 6.07 Å². The molecular formula is C18H25N3O2. The van der Waals surface area contributed by atoms with Crippen molar-refractivity contribution in [2.45, 2.75) is 45.1 Å². The number of ether oxygens (including phenoxy) is 1. The third kappa shape index (κ3) is 5.26. The van der Waals surface area contributed by atoms with E-state index >= 15 is 0 Å². The van der Waals surface area contributed by atoms with Crippen LogP contribution in [0.1, 0.15) is 49.8 Å². The van der Waals surface area contributed by atoms with E-state index in [1.165, 1.54) is 11.1 Å². The van der Waals surface area contributed by atoms with Crippen LogP contribution in [0.5, 0.6) is 0 Å². The smallest absolute Gasteiger partial charge is 0.407 e. The summed E-state index contributed by atoms with van der Waals surface area (Å²) in [6.45, 7) is 7.68. The molecule has 23 heavy (non-hydrogen) atoms. The summed E-state index contributed by atoms with van der Waals surface area (Å²) in [7, 11) is 0. The number of hydrogen-bond donors (Lipinski definition) is 2. The third-order valence-corrected chi connectivity index (χ3v) is 3.83. The van der Waals surface area contributed by atoms with Crippen molar-refractivity contribution in [2.75, 3.05) is 19.6 Å². The number of rotatable bonds is 5. The molecule has 5 heteroatoms. The number of carbonyl (C=O) groups excluding carboxylic acids is 1. The van der Waals surface area contributed by atoms with Gasteiger partial charge in [-0.15, -0.1) is 0 Å². The number of carbonyl (C=O) groups is 1. The number of nitrogens with zero attached hydrogens (tertiary/aromatic N) is 1. The number of nitriles is 1. The first kappa shape index (κ1) is 17.3. The van der Waals surface area contributed by atoms with Crippen molar-refractivity contribution in [1.29, 1.82) is 5.26 Å². The first-order valence-electron chi connectivity index (χ1n) is 8.09. The van der Waals surface area contributed by atoms with Gasteiger partial charge in [-0.25, -0.2) is 4.79 Å². The predicted molar refractivity (Wildman–Crippen MR) is 89.3 cm³/mol. The van der Waals surface area contributed by atoms with Crippen molar-refractivity contribution >= 4 is 6.09 Å². The monoisotopic (exact) mass is 315 g/mol. The molecule has 1 aromatic rings. The summed E-state index contributed by atoms with van der Waals surface area (Å²) < 4.78 is 5.18. The van der Waals surface area contributed by atoms with Crippen LogP contribution in [-0.4, -0.2) is 31.3 Å². The molecular weight excluding hydrogens is 290 g/mol. The van der Waals surface area contributed by atoms with E-state index in [-0.39, 0.29) is 6.09 Å². The molecule has 2 N–H and O–H groups in total. The molecule has 1 aliphatic carbocycles. The first-order chi connectivity index (χ1) is 10.9. The van der Waals surface area contributed by atoms with E-state index < -0.39 is 5.60 Å². The summed E-state index contributed by atoms with van der Waals surface area (Å²) in [6.07, 6.45) is 1.76. The number of amides is 1. The van der Waals surface area contributed by atoms with Crippen LogP contribution in [0.3, 0.4) is 0 Å². The van der Waals surface area contributed by atoms with Crippen molar-refractivity contribution in [3.05, 3.63) is 34.9 Å². The summed E-state index contributed by atoms with van der Waals surface area (Å²) in [5, 5.41) is 15.1. The molecule has 0 aromatic heterocycles. The van der Waals surface area contributed by atoms with Crippen LogP contribution < -0.4 is 10.6 Å². The standard InChI is InChI=1S/C18H25N3O2/c1-18(2,3)23-17(22)21-9-8-20-12-15-6-5-14-10-13(11-19)4-7-16(14)15/h4,7,10,15,20H,5-6,8-9,12H2,1-3H3,(H,21,22)/t15-/m1/s1. The van der Waals surface area contributed by atoms with Gasteiger partial charge in [0.15, 0.2) is 0 Å². The minimum atomic E-state index is -0.465. The summed E-state index contributed by atoms with van der Waals surface area (Å²) >= 11 is 0. The second-order valence-electron chi connectivity index (χ2n) is 6.89. The van der Waals surface area contributed by atoms with Crippen LogP contribution in [0.15, 0.2) is 18.2 Å². The van der Waals surface area contributed by atoms with Crippen molar-refractivity contribution < 1.29 is 9.53 Å². The van der Waals surface area contributed by atoms with Crippen LogP contribution in [0.25, 0.3) is 0 Å². The molecule has 0 aliphatic heterocycles. The lowest BCUT2D eigenvalue weighted by Gasteiger charge is -2.20. The molecule has 0 spiro atoms. The van der Waals surface area contributed by atoms with Crippen molar-refractivity contribution in [2.24, 2.45) is 0 Å². The van der Waals surface area contributed by atoms with Gasteiger partial charge in [-0.05, 0) is 62.8 Å². The lowest BCUT2D eigenvalue weighted by Crippen LogP contribution is -2.37. The zero-order valence-electron chi connectivity index (χ0n) is 14.1. The second-order valence-corrected chi connectivity index (χ2v) is 6.89. The SMILES string of the molecule is CC(C)(C)OC(=O)NCCNC[C@H]1CCc2cc(C#N)ccc21. The van der Waals surface area contributed by atoms with E-state index in [4.69, 9.17) is 10.00 Å². The maximum atomic E-state index is 11.5. The molecule has 0 saturated heterocycles. The van der Waals surface area contributed by atoms with Crippen LogP contribution in [0, 0.1) is 11.3 Å². The minimum Gasteiger partial charge on any atom is -0.444 e. The molecule has 0 unspecified atom stereocenters. The Morgan fingerprint density at radius 3 is 2.87 bits per heavy atom. The molecule has 124 valence electrons. The molecule has 1 atom stereocenters. The maximum Gasteiger partial charge on any atom is 0.407 e. The van der Waals surface area contributed by atoms with Gasteiger partial charge in [0, 0.05) is 19.6 Å². The number of fused-ring (bicyclic) bond motifs is 1. The zero-order chi connectivity index (χ0) is 16.9. The van der Waals surface area contributed by atoms with E-state index in [2.05, 4.69) is 22.8 Å². The number of aryl methyl sites for hydroxylation is 1. The topological polar surface area (TPSA) is 74.2 Å². The Labute approximate surface area is 138 Å². The fraction of sp³-hybridized carbons (Fsp3) is 0.556. The maximum absolute atomic E-state index is 11.5. The highest BCUT2D eigenvalue weighted by Crippen LogP contribution is 2.32. The lowest BCUT2D eigenvalue weighted by atomic mass is 10.00. The molecule has 0 radical (unpaired) electrons. The quantitative estimate of drug-likeness (QED) is 0.819. The molecule has 1 aliphatic rings. The van der Waals surface area contributed by atoms with Gasteiger partial charge in [0.2, 0.25) is 0 Å². The van der Waals surface area contributed by atoms with E-state index in [0.717, 1.165) is 24.9 Å². The van der Waals surface area contributed by atoms with Gasteiger partial charge in [0.25, 0.3) is 0 Å². The molecule has 1 aromatic carbocycles. The van der Waals surface area contributed by atoms with Crippen molar-refractivity contribution in [3.63, 3.8) is 0 Å². The first-order valence-corrected chi connectivity index (χ1v) is 8.09. The zero-order valence-corrected chi connectivity index (χ0v) is 14.1. The van der Waals surface area contributed by atoms with E-state index in [1.807, 2.05) is 32.9 Å². The number of nitrogens with one attached hydrogen (secondary N) is 2. The van der Waals surface area contributed by atoms with Gasteiger partial charge >= 0.3 is 6.09 Å². The van der Waals surface area contributed by atoms with Gasteiger partial charge in [0.1, 0.15) is 5.60 Å². The average molecular weight is 315 g/mol. The second kappa shape index (κ2) is 7.47. The van der Waals surface area contributed by atoms with Crippen LogP contribution in [0.4, 0.5) is 4.79 Å². The fourth-order valence-electron chi connectivity index (χ4n) is 2.83. The van der Waals surface area contributed by atoms with E-state index in [0.29, 0.717) is 19.0 Å². The molecule has 1 amide bonds. The molecule has 5 nitrogen and oxygen atoms in total. The molecule has 0 heterocycles. The normalized spacial score (nSPS) is 16.5.